The molecule has 0 aliphatic heterocycles. The number of rotatable bonds is 12. The van der Waals surface area contributed by atoms with Gasteiger partial charge in [0.15, 0.2) is 5.60 Å². The number of hydrogen-bond acceptors (Lipinski definition) is 2. The van der Waals surface area contributed by atoms with Crippen molar-refractivity contribution in [1.82, 2.24) is 0 Å². The first-order valence-corrected chi connectivity index (χ1v) is 6.95. The summed E-state index contributed by atoms with van der Waals surface area (Å²) in [5.41, 5.74) is -2.36. The third-order valence-electron chi connectivity index (χ3n) is 3.13. The van der Waals surface area contributed by atoms with E-state index in [1.807, 2.05) is 6.92 Å². The Morgan fingerprint density at radius 2 is 2.00 bits per heavy atom. The molecule has 0 heterocycles. The van der Waals surface area contributed by atoms with Crippen molar-refractivity contribution in [2.24, 2.45) is 0 Å². The fourth-order valence-electron chi connectivity index (χ4n) is 1.91. The SMILES string of the molecule is C=CCCCC(O)(C(=C)CCC)C(F)(F)OCCCF. The average molecular weight is 294 g/mol. The van der Waals surface area contributed by atoms with E-state index < -0.39 is 25.0 Å². The van der Waals surface area contributed by atoms with Crippen molar-refractivity contribution in [3.8, 4) is 0 Å². The highest BCUT2D eigenvalue weighted by Gasteiger charge is 2.54. The van der Waals surface area contributed by atoms with Gasteiger partial charge >= 0.3 is 6.11 Å². The molecule has 0 bridgehead atoms. The summed E-state index contributed by atoms with van der Waals surface area (Å²) in [5.74, 6) is 0. The maximum Gasteiger partial charge on any atom is 0.388 e. The van der Waals surface area contributed by atoms with Gasteiger partial charge in [0.25, 0.3) is 0 Å². The Bertz CT molecular complexity index is 305. The second-order valence-corrected chi connectivity index (χ2v) is 4.80. The summed E-state index contributed by atoms with van der Waals surface area (Å²) >= 11 is 0. The first kappa shape index (κ1) is 19.2. The standard InChI is InChI=1S/C15H25F3O2/c1-4-6-7-10-14(19,13(3)9-5-2)15(17,18)20-12-8-11-16/h4,19H,1,3,5-12H2,2H3. The van der Waals surface area contributed by atoms with Crippen LogP contribution in [-0.4, -0.2) is 30.1 Å². The largest absolute Gasteiger partial charge is 0.388 e. The van der Waals surface area contributed by atoms with Crippen molar-refractivity contribution >= 4 is 0 Å². The lowest BCUT2D eigenvalue weighted by atomic mass is 9.85. The topological polar surface area (TPSA) is 29.5 Å². The van der Waals surface area contributed by atoms with Gasteiger partial charge in [0.05, 0.1) is 13.3 Å². The van der Waals surface area contributed by atoms with E-state index >= 15 is 0 Å². The van der Waals surface area contributed by atoms with Crippen LogP contribution in [0.15, 0.2) is 24.8 Å². The van der Waals surface area contributed by atoms with Crippen LogP contribution < -0.4 is 0 Å². The molecule has 0 fully saturated rings. The van der Waals surface area contributed by atoms with Gasteiger partial charge in [0.1, 0.15) is 0 Å². The number of allylic oxidation sites excluding steroid dienone is 1. The Morgan fingerprint density at radius 3 is 2.50 bits per heavy atom. The van der Waals surface area contributed by atoms with Crippen LogP contribution >= 0.6 is 0 Å². The fourth-order valence-corrected chi connectivity index (χ4v) is 1.91. The molecule has 0 aliphatic rings. The highest BCUT2D eigenvalue weighted by molar-refractivity contribution is 5.16. The number of aliphatic hydroxyl groups is 1. The molecule has 0 aromatic rings. The molecule has 0 spiro atoms. The van der Waals surface area contributed by atoms with Crippen LogP contribution in [0.1, 0.15) is 45.4 Å². The minimum atomic E-state index is -3.77. The molecule has 20 heavy (non-hydrogen) atoms. The summed E-state index contributed by atoms with van der Waals surface area (Å²) in [6.45, 7) is 7.74. The predicted molar refractivity (Wildman–Crippen MR) is 74.5 cm³/mol. The van der Waals surface area contributed by atoms with E-state index in [9.17, 15) is 18.3 Å². The van der Waals surface area contributed by atoms with E-state index in [1.54, 1.807) is 6.08 Å². The summed E-state index contributed by atoms with van der Waals surface area (Å²) < 4.78 is 44.6. The molecule has 0 rings (SSSR count). The number of halogens is 3. The Morgan fingerprint density at radius 1 is 1.35 bits per heavy atom. The lowest BCUT2D eigenvalue weighted by Crippen LogP contribution is -2.51. The van der Waals surface area contributed by atoms with Crippen LogP contribution in [0, 0.1) is 0 Å². The van der Waals surface area contributed by atoms with Crippen LogP contribution in [0.3, 0.4) is 0 Å². The van der Waals surface area contributed by atoms with Gasteiger partial charge in [-0.1, -0.05) is 26.0 Å². The van der Waals surface area contributed by atoms with Crippen LogP contribution in [0.5, 0.6) is 0 Å². The Labute approximate surface area is 119 Å². The van der Waals surface area contributed by atoms with Crippen molar-refractivity contribution in [2.75, 3.05) is 13.3 Å². The number of unbranched alkanes of at least 4 members (excludes halogenated alkanes) is 1. The van der Waals surface area contributed by atoms with E-state index in [0.717, 1.165) is 0 Å². The molecule has 0 radical (unpaired) electrons. The summed E-state index contributed by atoms with van der Waals surface area (Å²) in [7, 11) is 0. The number of hydrogen-bond donors (Lipinski definition) is 1. The molecular formula is C15H25F3O2. The molecule has 5 heteroatoms. The maximum absolute atomic E-state index is 14.1. The van der Waals surface area contributed by atoms with Crippen LogP contribution in [0.4, 0.5) is 13.2 Å². The molecular weight excluding hydrogens is 269 g/mol. The second-order valence-electron chi connectivity index (χ2n) is 4.80. The van der Waals surface area contributed by atoms with Gasteiger partial charge in [-0.15, -0.1) is 6.58 Å². The molecule has 0 amide bonds. The van der Waals surface area contributed by atoms with Gasteiger partial charge in [-0.2, -0.15) is 8.78 Å². The third-order valence-corrected chi connectivity index (χ3v) is 3.13. The highest BCUT2D eigenvalue weighted by atomic mass is 19.3. The molecule has 0 saturated carbocycles. The van der Waals surface area contributed by atoms with Crippen molar-refractivity contribution in [3.63, 3.8) is 0 Å². The van der Waals surface area contributed by atoms with E-state index in [-0.39, 0.29) is 24.8 Å². The van der Waals surface area contributed by atoms with Crippen molar-refractivity contribution in [3.05, 3.63) is 24.8 Å². The number of ether oxygens (including phenoxy) is 1. The van der Waals surface area contributed by atoms with Gasteiger partial charge in [0.2, 0.25) is 0 Å². The summed E-state index contributed by atoms with van der Waals surface area (Å²) in [4.78, 5) is 0. The molecule has 0 aromatic carbocycles. The molecule has 1 atom stereocenters. The lowest BCUT2D eigenvalue weighted by Gasteiger charge is -2.37. The second kappa shape index (κ2) is 9.19. The van der Waals surface area contributed by atoms with Gasteiger partial charge in [-0.05, 0) is 37.7 Å². The zero-order valence-corrected chi connectivity index (χ0v) is 12.1. The Balaban J connectivity index is 4.95. The predicted octanol–water partition coefficient (Wildman–Crippen LogP) is 4.40. The van der Waals surface area contributed by atoms with Crippen LogP contribution in [0.2, 0.25) is 0 Å². The van der Waals surface area contributed by atoms with Gasteiger partial charge in [-0.25, -0.2) is 0 Å². The van der Waals surface area contributed by atoms with Crippen LogP contribution in [-0.2, 0) is 4.74 Å². The van der Waals surface area contributed by atoms with E-state index in [1.165, 1.54) is 0 Å². The summed E-state index contributed by atoms with van der Waals surface area (Å²) in [6.07, 6.45) is -0.706. The van der Waals surface area contributed by atoms with Crippen molar-refractivity contribution in [1.29, 1.82) is 0 Å². The van der Waals surface area contributed by atoms with E-state index in [4.69, 9.17) is 0 Å². The highest BCUT2D eigenvalue weighted by Crippen LogP contribution is 2.40. The zero-order valence-electron chi connectivity index (χ0n) is 12.1. The Hall–Kier alpha value is -0.810. The first-order valence-electron chi connectivity index (χ1n) is 6.95. The molecule has 1 N–H and O–H groups in total. The average Bonchev–Trinajstić information content (AvgIpc) is 2.39. The maximum atomic E-state index is 14.1. The van der Waals surface area contributed by atoms with Gasteiger partial charge in [-0.3, -0.25) is 4.39 Å². The molecule has 0 saturated heterocycles. The minimum Gasteiger partial charge on any atom is -0.377 e. The Kier molecular flexibility index (Phi) is 8.81. The quantitative estimate of drug-likeness (QED) is 0.427. The van der Waals surface area contributed by atoms with Crippen molar-refractivity contribution < 1.29 is 23.0 Å². The fraction of sp³-hybridized carbons (Fsp3) is 0.733. The minimum absolute atomic E-state index is 0.0503. The van der Waals surface area contributed by atoms with Crippen LogP contribution in [0.25, 0.3) is 0 Å². The van der Waals surface area contributed by atoms with Gasteiger partial charge < -0.3 is 9.84 Å². The molecule has 0 aliphatic carbocycles. The molecule has 118 valence electrons. The van der Waals surface area contributed by atoms with E-state index in [2.05, 4.69) is 17.9 Å². The summed E-state index contributed by atoms with van der Waals surface area (Å²) in [6, 6.07) is 0. The summed E-state index contributed by atoms with van der Waals surface area (Å²) in [5, 5.41) is 10.4. The molecule has 1 unspecified atom stereocenters. The number of alkyl halides is 3. The third kappa shape index (κ3) is 5.29. The molecule has 2 nitrogen and oxygen atoms in total. The first-order chi connectivity index (χ1) is 9.35. The van der Waals surface area contributed by atoms with Gasteiger partial charge in [0, 0.05) is 0 Å². The molecule has 0 aromatic heterocycles. The lowest BCUT2D eigenvalue weighted by molar-refractivity contribution is -0.321. The smallest absolute Gasteiger partial charge is 0.377 e. The van der Waals surface area contributed by atoms with E-state index in [0.29, 0.717) is 19.3 Å². The normalized spacial score (nSPS) is 14.8. The zero-order chi connectivity index (χ0) is 15.6. The van der Waals surface area contributed by atoms with Crippen molar-refractivity contribution in [2.45, 2.75) is 57.2 Å². The monoisotopic (exact) mass is 294 g/mol.